The molecule has 0 aliphatic carbocycles. The number of aliphatic imine (C=N–C) groups is 1. The number of aliphatic hydroxyl groups is 2. The molecule has 0 amide bonds. The number of carbonyl (C=O) groups excluding carboxylic acids is 1. The second-order valence-corrected chi connectivity index (χ2v) is 4.18. The third kappa shape index (κ3) is 3.65. The smallest absolute Gasteiger partial charge is 0.337 e. The molecule has 0 heterocycles. The van der Waals surface area contributed by atoms with Crippen molar-refractivity contribution >= 4 is 12.2 Å². The van der Waals surface area contributed by atoms with Gasteiger partial charge in [-0.15, -0.1) is 0 Å². The number of hydrogen-bond donors (Lipinski definition) is 2. The largest absolute Gasteiger partial charge is 0.465 e. The van der Waals surface area contributed by atoms with Crippen LogP contribution in [0, 0.1) is 0 Å². The number of benzene rings is 1. The van der Waals surface area contributed by atoms with Crippen LogP contribution in [0.25, 0.3) is 0 Å². The molecule has 0 atom stereocenters. The lowest BCUT2D eigenvalue weighted by atomic mass is 10.1. The molecule has 2 N–H and O–H groups in total. The first-order chi connectivity index (χ1) is 8.54. The van der Waals surface area contributed by atoms with Crippen molar-refractivity contribution in [3.05, 3.63) is 35.4 Å². The molecule has 0 saturated heterocycles. The maximum absolute atomic E-state index is 11.2. The van der Waals surface area contributed by atoms with Crippen LogP contribution in [-0.4, -0.2) is 48.3 Å². The second-order valence-electron chi connectivity index (χ2n) is 4.18. The molecule has 18 heavy (non-hydrogen) atoms. The van der Waals surface area contributed by atoms with Crippen LogP contribution >= 0.6 is 0 Å². The van der Waals surface area contributed by atoms with Gasteiger partial charge in [-0.2, -0.15) is 0 Å². The zero-order valence-electron chi connectivity index (χ0n) is 10.5. The predicted octanol–water partition coefficient (Wildman–Crippen LogP) is 0.635. The lowest BCUT2D eigenvalue weighted by Crippen LogP contribution is -2.31. The Bertz CT molecular complexity index is 421. The van der Waals surface area contributed by atoms with Crippen molar-refractivity contribution in [3.63, 3.8) is 0 Å². The van der Waals surface area contributed by atoms with Crippen LogP contribution in [0.2, 0.25) is 0 Å². The van der Waals surface area contributed by atoms with Gasteiger partial charge < -0.3 is 14.9 Å². The molecule has 0 unspecified atom stereocenters. The van der Waals surface area contributed by atoms with E-state index in [0.29, 0.717) is 5.56 Å². The van der Waals surface area contributed by atoms with Crippen LogP contribution in [0.3, 0.4) is 0 Å². The summed E-state index contributed by atoms with van der Waals surface area (Å²) < 4.78 is 4.59. The molecule has 0 radical (unpaired) electrons. The summed E-state index contributed by atoms with van der Waals surface area (Å²) in [5.74, 6) is -0.394. The molecular weight excluding hydrogens is 234 g/mol. The van der Waals surface area contributed by atoms with Gasteiger partial charge in [0, 0.05) is 6.21 Å². The fraction of sp³-hybridized carbons (Fsp3) is 0.385. The highest BCUT2D eigenvalue weighted by Crippen LogP contribution is 2.09. The first-order valence-electron chi connectivity index (χ1n) is 5.50. The van der Waals surface area contributed by atoms with Gasteiger partial charge in [-0.25, -0.2) is 4.79 Å². The highest BCUT2D eigenvalue weighted by atomic mass is 16.5. The lowest BCUT2D eigenvalue weighted by molar-refractivity contribution is 0.0600. The zero-order valence-corrected chi connectivity index (χ0v) is 10.5. The number of rotatable bonds is 5. The Labute approximate surface area is 106 Å². The third-order valence-electron chi connectivity index (χ3n) is 2.54. The summed E-state index contributed by atoms with van der Waals surface area (Å²) in [5, 5.41) is 18.2. The average Bonchev–Trinajstić information content (AvgIpc) is 2.44. The van der Waals surface area contributed by atoms with Crippen molar-refractivity contribution in [2.24, 2.45) is 4.99 Å². The minimum absolute atomic E-state index is 0.236. The van der Waals surface area contributed by atoms with E-state index < -0.39 is 11.5 Å². The fourth-order valence-corrected chi connectivity index (χ4v) is 1.19. The average molecular weight is 251 g/mol. The summed E-state index contributed by atoms with van der Waals surface area (Å²) >= 11 is 0. The Balaban J connectivity index is 2.81. The maximum Gasteiger partial charge on any atom is 0.337 e. The number of methoxy groups -OCH3 is 1. The van der Waals surface area contributed by atoms with Crippen LogP contribution in [0.15, 0.2) is 29.3 Å². The van der Waals surface area contributed by atoms with Crippen LogP contribution in [0.5, 0.6) is 0 Å². The van der Waals surface area contributed by atoms with Crippen molar-refractivity contribution < 1.29 is 19.7 Å². The first-order valence-corrected chi connectivity index (χ1v) is 5.50. The topological polar surface area (TPSA) is 79.1 Å². The molecule has 0 aliphatic heterocycles. The van der Waals surface area contributed by atoms with Crippen molar-refractivity contribution in [2.45, 2.75) is 12.5 Å². The molecular formula is C13H17NO4. The summed E-state index contributed by atoms with van der Waals surface area (Å²) in [6.07, 6.45) is 1.55. The number of ether oxygens (including phenoxy) is 1. The van der Waals surface area contributed by atoms with E-state index in [1.54, 1.807) is 37.4 Å². The minimum Gasteiger partial charge on any atom is -0.465 e. The molecule has 98 valence electrons. The normalized spacial score (nSPS) is 11.8. The number of hydrogen-bond acceptors (Lipinski definition) is 5. The summed E-state index contributed by atoms with van der Waals surface area (Å²) in [7, 11) is 1.33. The highest BCUT2D eigenvalue weighted by Gasteiger charge is 2.19. The van der Waals surface area contributed by atoms with E-state index in [2.05, 4.69) is 9.73 Å². The molecule has 1 aromatic rings. The maximum atomic E-state index is 11.2. The minimum atomic E-state index is -0.888. The molecule has 1 rings (SSSR count). The van der Waals surface area contributed by atoms with Crippen molar-refractivity contribution in [1.82, 2.24) is 0 Å². The monoisotopic (exact) mass is 251 g/mol. The predicted molar refractivity (Wildman–Crippen MR) is 68.0 cm³/mol. The van der Waals surface area contributed by atoms with E-state index >= 15 is 0 Å². The number of nitrogens with zero attached hydrogens (tertiary/aromatic N) is 1. The Kier molecular flexibility index (Phi) is 5.00. The third-order valence-corrected chi connectivity index (χ3v) is 2.54. The standard InChI is InChI=1S/C13H17NO4/c1-13(8-15,9-16)14-7-10-3-5-11(6-4-10)12(17)18-2/h3-7,15-16H,8-9H2,1-2H3. The number of aliphatic hydroxyl groups excluding tert-OH is 2. The van der Waals surface area contributed by atoms with Gasteiger partial charge in [0.15, 0.2) is 0 Å². The van der Waals surface area contributed by atoms with E-state index in [9.17, 15) is 4.79 Å². The summed E-state index contributed by atoms with van der Waals surface area (Å²) in [5.41, 5.74) is 0.346. The molecule has 0 aromatic heterocycles. The molecule has 0 fully saturated rings. The quantitative estimate of drug-likeness (QED) is 0.594. The van der Waals surface area contributed by atoms with Gasteiger partial charge in [0.1, 0.15) is 5.54 Å². The van der Waals surface area contributed by atoms with Crippen LogP contribution in [0.1, 0.15) is 22.8 Å². The fourth-order valence-electron chi connectivity index (χ4n) is 1.19. The van der Waals surface area contributed by atoms with Gasteiger partial charge in [0.2, 0.25) is 0 Å². The van der Waals surface area contributed by atoms with E-state index in [1.807, 2.05) is 0 Å². The van der Waals surface area contributed by atoms with Gasteiger partial charge in [-0.1, -0.05) is 12.1 Å². The Morgan fingerprint density at radius 2 is 1.89 bits per heavy atom. The number of esters is 1. The molecule has 1 aromatic carbocycles. The highest BCUT2D eigenvalue weighted by molar-refractivity contribution is 5.90. The van der Waals surface area contributed by atoms with Gasteiger partial charge in [-0.3, -0.25) is 4.99 Å². The van der Waals surface area contributed by atoms with E-state index in [-0.39, 0.29) is 13.2 Å². The molecule has 0 aliphatic rings. The SMILES string of the molecule is COC(=O)c1ccc(C=NC(C)(CO)CO)cc1. The summed E-state index contributed by atoms with van der Waals surface area (Å²) in [6, 6.07) is 6.68. The van der Waals surface area contributed by atoms with Gasteiger partial charge >= 0.3 is 5.97 Å². The van der Waals surface area contributed by atoms with Crippen LogP contribution in [-0.2, 0) is 4.74 Å². The molecule has 5 nitrogen and oxygen atoms in total. The van der Waals surface area contributed by atoms with E-state index in [1.165, 1.54) is 7.11 Å². The second kappa shape index (κ2) is 6.28. The first kappa shape index (κ1) is 14.3. The lowest BCUT2D eigenvalue weighted by Gasteiger charge is -2.18. The Hall–Kier alpha value is -1.72. The van der Waals surface area contributed by atoms with E-state index in [0.717, 1.165) is 5.56 Å². The molecule has 0 bridgehead atoms. The van der Waals surface area contributed by atoms with Gasteiger partial charge in [0.05, 0.1) is 25.9 Å². The summed E-state index contributed by atoms with van der Waals surface area (Å²) in [4.78, 5) is 15.3. The van der Waals surface area contributed by atoms with Crippen LogP contribution < -0.4 is 0 Å². The molecule has 5 heteroatoms. The van der Waals surface area contributed by atoms with Crippen LogP contribution in [0.4, 0.5) is 0 Å². The van der Waals surface area contributed by atoms with Gasteiger partial charge in [-0.05, 0) is 24.6 Å². The van der Waals surface area contributed by atoms with Crippen molar-refractivity contribution in [3.8, 4) is 0 Å². The molecule has 0 saturated carbocycles. The zero-order chi connectivity index (χ0) is 13.6. The van der Waals surface area contributed by atoms with E-state index in [4.69, 9.17) is 10.2 Å². The Morgan fingerprint density at radius 3 is 2.33 bits per heavy atom. The Morgan fingerprint density at radius 1 is 1.33 bits per heavy atom. The number of carbonyl (C=O) groups is 1. The van der Waals surface area contributed by atoms with Crippen molar-refractivity contribution in [1.29, 1.82) is 0 Å². The van der Waals surface area contributed by atoms with Gasteiger partial charge in [0.25, 0.3) is 0 Å². The summed E-state index contributed by atoms with van der Waals surface area (Å²) in [6.45, 7) is 1.17. The van der Waals surface area contributed by atoms with Crippen molar-refractivity contribution in [2.75, 3.05) is 20.3 Å². The molecule has 0 spiro atoms.